The molecule has 8 heteroatoms. The normalized spacial score (nSPS) is 20.6. The molecule has 2 aliphatic rings. The van der Waals surface area contributed by atoms with Gasteiger partial charge < -0.3 is 19.6 Å². The highest BCUT2D eigenvalue weighted by Crippen LogP contribution is 2.42. The first kappa shape index (κ1) is 23.5. The number of carbonyl (C=O) groups excluding carboxylic acids is 3. The van der Waals surface area contributed by atoms with Crippen molar-refractivity contribution in [2.24, 2.45) is 0 Å². The number of pyridine rings is 1. The summed E-state index contributed by atoms with van der Waals surface area (Å²) in [6.45, 7) is 4.95. The Bertz CT molecular complexity index is 1090. The van der Waals surface area contributed by atoms with E-state index in [1.165, 1.54) is 0 Å². The van der Waals surface area contributed by atoms with Gasteiger partial charge in [0, 0.05) is 37.1 Å². The molecule has 0 saturated carbocycles. The highest BCUT2D eigenvalue weighted by molar-refractivity contribution is 6.46. The minimum atomic E-state index is -0.729. The lowest BCUT2D eigenvalue weighted by atomic mass is 9.94. The third-order valence-corrected chi connectivity index (χ3v) is 6.52. The van der Waals surface area contributed by atoms with Gasteiger partial charge >= 0.3 is 6.09 Å². The van der Waals surface area contributed by atoms with E-state index in [9.17, 15) is 19.5 Å². The zero-order valence-corrected chi connectivity index (χ0v) is 19.4. The molecule has 1 atom stereocenters. The number of aromatic nitrogens is 1. The summed E-state index contributed by atoms with van der Waals surface area (Å²) in [6.07, 6.45) is 4.72. The zero-order valence-electron chi connectivity index (χ0n) is 19.4. The second-order valence-electron chi connectivity index (χ2n) is 8.45. The number of aryl methyl sites for hydroxylation is 1. The molecule has 2 aliphatic heterocycles. The maximum absolute atomic E-state index is 13.3. The molecule has 2 amide bonds. The molecule has 2 saturated heterocycles. The molecule has 3 heterocycles. The lowest BCUT2D eigenvalue weighted by molar-refractivity contribution is -0.142. The standard InChI is InChI=1S/C26H29N3O5/c1-3-17-5-7-19(8-6-17)23(30)21-22(18-9-13-27-14-10-18)29(25(32)24(21)31)20-11-15-28(16-12-20)26(33)34-4-2/h5-10,13-14,20,22,30H,3-4,11-12,15-16H2,1-2H3/b23-21+. The summed E-state index contributed by atoms with van der Waals surface area (Å²) in [4.78, 5) is 45.8. The molecule has 2 aromatic rings. The minimum absolute atomic E-state index is 0.0771. The lowest BCUT2D eigenvalue weighted by Gasteiger charge is -2.38. The predicted molar refractivity (Wildman–Crippen MR) is 126 cm³/mol. The van der Waals surface area contributed by atoms with Crippen molar-refractivity contribution in [3.05, 3.63) is 71.1 Å². The summed E-state index contributed by atoms with van der Waals surface area (Å²) >= 11 is 0. The molecule has 4 rings (SSSR count). The third kappa shape index (κ3) is 4.40. The quantitative estimate of drug-likeness (QED) is 0.412. The second-order valence-corrected chi connectivity index (χ2v) is 8.45. The van der Waals surface area contributed by atoms with Gasteiger partial charge in [0.25, 0.3) is 11.7 Å². The summed E-state index contributed by atoms with van der Waals surface area (Å²) in [5.41, 5.74) is 2.38. The van der Waals surface area contributed by atoms with Crippen molar-refractivity contribution >= 4 is 23.5 Å². The average molecular weight is 464 g/mol. The van der Waals surface area contributed by atoms with Crippen LogP contribution in [0, 0.1) is 0 Å². The minimum Gasteiger partial charge on any atom is -0.507 e. The van der Waals surface area contributed by atoms with Crippen LogP contribution in [0.3, 0.4) is 0 Å². The van der Waals surface area contributed by atoms with Crippen LogP contribution >= 0.6 is 0 Å². The Balaban J connectivity index is 1.70. The molecule has 1 aromatic carbocycles. The molecule has 178 valence electrons. The average Bonchev–Trinajstić information content (AvgIpc) is 3.14. The largest absolute Gasteiger partial charge is 0.507 e. The first-order chi connectivity index (χ1) is 16.5. The van der Waals surface area contributed by atoms with Gasteiger partial charge in [0.1, 0.15) is 5.76 Å². The van der Waals surface area contributed by atoms with Crippen LogP contribution in [0.1, 0.15) is 49.4 Å². The van der Waals surface area contributed by atoms with Crippen molar-refractivity contribution in [2.75, 3.05) is 19.7 Å². The van der Waals surface area contributed by atoms with Gasteiger partial charge in [0.15, 0.2) is 0 Å². The molecule has 0 aliphatic carbocycles. The van der Waals surface area contributed by atoms with Crippen molar-refractivity contribution in [3.8, 4) is 0 Å². The number of aliphatic hydroxyl groups is 1. The highest BCUT2D eigenvalue weighted by atomic mass is 16.6. The number of ketones is 1. The maximum Gasteiger partial charge on any atom is 0.409 e. The number of hydrogen-bond donors (Lipinski definition) is 1. The van der Waals surface area contributed by atoms with E-state index in [0.717, 1.165) is 12.0 Å². The number of carbonyl (C=O) groups is 3. The van der Waals surface area contributed by atoms with E-state index in [4.69, 9.17) is 4.74 Å². The van der Waals surface area contributed by atoms with E-state index >= 15 is 0 Å². The van der Waals surface area contributed by atoms with Gasteiger partial charge in [0.05, 0.1) is 18.2 Å². The van der Waals surface area contributed by atoms with E-state index < -0.39 is 17.7 Å². The molecule has 8 nitrogen and oxygen atoms in total. The smallest absolute Gasteiger partial charge is 0.409 e. The first-order valence-electron chi connectivity index (χ1n) is 11.7. The Morgan fingerprint density at radius 2 is 1.71 bits per heavy atom. The molecular formula is C26H29N3O5. The highest BCUT2D eigenvalue weighted by Gasteiger charge is 2.49. The number of hydrogen-bond acceptors (Lipinski definition) is 6. The van der Waals surface area contributed by atoms with E-state index in [2.05, 4.69) is 4.98 Å². The van der Waals surface area contributed by atoms with E-state index in [0.29, 0.717) is 43.7 Å². The number of Topliss-reactive ketones (excluding diaryl/α,β-unsaturated/α-hetero) is 1. The molecule has 0 bridgehead atoms. The molecule has 34 heavy (non-hydrogen) atoms. The third-order valence-electron chi connectivity index (χ3n) is 6.52. The molecule has 1 unspecified atom stereocenters. The van der Waals surface area contributed by atoms with Crippen molar-refractivity contribution in [2.45, 2.75) is 45.2 Å². The second kappa shape index (κ2) is 10.1. The number of aliphatic hydroxyl groups excluding tert-OH is 1. The van der Waals surface area contributed by atoms with Gasteiger partial charge in [-0.15, -0.1) is 0 Å². The van der Waals surface area contributed by atoms with Gasteiger partial charge in [-0.3, -0.25) is 14.6 Å². The number of benzene rings is 1. The van der Waals surface area contributed by atoms with E-state index in [1.54, 1.807) is 53.4 Å². The van der Waals surface area contributed by atoms with Gasteiger partial charge in [-0.2, -0.15) is 0 Å². The molecule has 0 radical (unpaired) electrons. The summed E-state index contributed by atoms with van der Waals surface area (Å²) in [5.74, 6) is -1.52. The van der Waals surface area contributed by atoms with Crippen molar-refractivity contribution in [3.63, 3.8) is 0 Å². The van der Waals surface area contributed by atoms with Crippen LogP contribution in [-0.2, 0) is 20.7 Å². The lowest BCUT2D eigenvalue weighted by Crippen LogP contribution is -2.48. The van der Waals surface area contributed by atoms with Crippen molar-refractivity contribution in [1.82, 2.24) is 14.8 Å². The number of piperidine rings is 1. The fourth-order valence-corrected chi connectivity index (χ4v) is 4.69. The maximum atomic E-state index is 13.3. The Labute approximate surface area is 198 Å². The Kier molecular flexibility index (Phi) is 6.95. The Morgan fingerprint density at radius 3 is 2.29 bits per heavy atom. The fraction of sp³-hybridized carbons (Fsp3) is 0.385. The Hall–Kier alpha value is -3.68. The Morgan fingerprint density at radius 1 is 1.06 bits per heavy atom. The summed E-state index contributed by atoms with van der Waals surface area (Å²) in [7, 11) is 0. The molecule has 2 fully saturated rings. The fourth-order valence-electron chi connectivity index (χ4n) is 4.69. The van der Waals surface area contributed by atoms with Crippen LogP contribution < -0.4 is 0 Å². The van der Waals surface area contributed by atoms with Crippen LogP contribution in [0.15, 0.2) is 54.4 Å². The molecular weight excluding hydrogens is 434 g/mol. The number of amides is 2. The first-order valence-corrected chi connectivity index (χ1v) is 11.7. The zero-order chi connectivity index (χ0) is 24.2. The predicted octanol–water partition coefficient (Wildman–Crippen LogP) is 3.69. The van der Waals surface area contributed by atoms with Gasteiger partial charge in [-0.25, -0.2) is 4.79 Å². The van der Waals surface area contributed by atoms with E-state index in [-0.39, 0.29) is 23.5 Å². The van der Waals surface area contributed by atoms with Gasteiger partial charge in [0.2, 0.25) is 0 Å². The summed E-state index contributed by atoms with van der Waals surface area (Å²) in [6, 6.07) is 9.86. The van der Waals surface area contributed by atoms with Crippen molar-refractivity contribution < 1.29 is 24.2 Å². The molecule has 0 spiro atoms. The summed E-state index contributed by atoms with van der Waals surface area (Å²) < 4.78 is 5.09. The topological polar surface area (TPSA) is 100 Å². The van der Waals surface area contributed by atoms with Crippen molar-refractivity contribution in [1.29, 1.82) is 0 Å². The van der Waals surface area contributed by atoms with Crippen LogP contribution in [0.25, 0.3) is 5.76 Å². The van der Waals surface area contributed by atoms with Gasteiger partial charge in [-0.05, 0) is 49.4 Å². The monoisotopic (exact) mass is 463 g/mol. The number of likely N-dealkylation sites (tertiary alicyclic amines) is 2. The number of ether oxygens (including phenoxy) is 1. The van der Waals surface area contributed by atoms with Crippen LogP contribution in [0.2, 0.25) is 0 Å². The molecule has 1 N–H and O–H groups in total. The van der Waals surface area contributed by atoms with Crippen LogP contribution in [0.5, 0.6) is 0 Å². The SMILES string of the molecule is CCOC(=O)N1CCC(N2C(=O)C(=O)/C(=C(/O)c3ccc(CC)cc3)C2c2ccncc2)CC1. The summed E-state index contributed by atoms with van der Waals surface area (Å²) in [5, 5.41) is 11.2. The van der Waals surface area contributed by atoms with Crippen LogP contribution in [0.4, 0.5) is 4.79 Å². The van der Waals surface area contributed by atoms with Gasteiger partial charge in [-0.1, -0.05) is 31.2 Å². The molecule has 1 aromatic heterocycles. The number of rotatable bonds is 5. The van der Waals surface area contributed by atoms with E-state index in [1.807, 2.05) is 19.1 Å². The number of nitrogens with zero attached hydrogens (tertiary/aromatic N) is 3. The van der Waals surface area contributed by atoms with Crippen LogP contribution in [-0.4, -0.2) is 63.4 Å².